The average Bonchev–Trinajstić information content (AvgIpc) is 1.43. The van der Waals surface area contributed by atoms with Crippen LogP contribution >= 0.6 is 32.1 Å². The van der Waals surface area contributed by atoms with Crippen LogP contribution in [0.4, 0.5) is 0 Å². The lowest BCUT2D eigenvalue weighted by molar-refractivity contribution is 0.414. The molecule has 4 aromatic heterocycles. The lowest BCUT2D eigenvalue weighted by Crippen LogP contribution is -2.01. The zero-order valence-electron chi connectivity index (χ0n) is 58.9. The maximum atomic E-state index is 7.39. The molecule has 514 valence electrons. The van der Waals surface area contributed by atoms with Gasteiger partial charge in [-0.3, -0.25) is 0 Å². The van der Waals surface area contributed by atoms with Gasteiger partial charge in [-0.1, -0.05) is 36.4 Å². The van der Waals surface area contributed by atoms with Crippen molar-refractivity contribution in [1.29, 1.82) is 0 Å². The van der Waals surface area contributed by atoms with Crippen molar-refractivity contribution in [2.24, 2.45) is 0 Å². The third-order valence-corrected chi connectivity index (χ3v) is 24.0. The Morgan fingerprint density at radius 2 is 0.360 bits per heavy atom. The number of aryl methyl sites for hydroxylation is 8. The number of hydrogen-bond donors (Lipinski definition) is 0. The number of benzene rings is 10. The van der Waals surface area contributed by atoms with Crippen LogP contribution in [-0.4, -0.2) is 56.9 Å². The molecule has 0 bridgehead atoms. The van der Waals surface area contributed by atoms with Crippen molar-refractivity contribution < 1.29 is 71.5 Å². The van der Waals surface area contributed by atoms with Crippen LogP contribution in [0.2, 0.25) is 0 Å². The quantitative estimate of drug-likeness (QED) is 0.0839. The Morgan fingerprint density at radius 3 is 0.490 bits per heavy atom. The van der Waals surface area contributed by atoms with E-state index in [4.69, 9.17) is 71.5 Å². The van der Waals surface area contributed by atoms with Crippen molar-refractivity contribution >= 4 is 120 Å². The van der Waals surface area contributed by atoms with Gasteiger partial charge in [0.1, 0.15) is 90.7 Å². The molecule has 10 aromatic carbocycles. The summed E-state index contributed by atoms with van der Waals surface area (Å²) in [6.45, 7) is 16.3. The first-order chi connectivity index (χ1) is 48.4. The van der Waals surface area contributed by atoms with Crippen molar-refractivity contribution in [3.8, 4) is 57.1 Å². The fourth-order valence-electron chi connectivity index (χ4n) is 13.6. The highest BCUT2D eigenvalue weighted by Gasteiger charge is 2.27. The minimum Gasteiger partial charge on any atom is -0.497 e. The van der Waals surface area contributed by atoms with Crippen molar-refractivity contribution in [3.05, 3.63) is 200 Å². The van der Waals surface area contributed by atoms with Crippen LogP contribution in [0.15, 0.2) is 167 Å². The van der Waals surface area contributed by atoms with Gasteiger partial charge >= 0.3 is 0 Å². The Labute approximate surface area is 582 Å². The Bertz CT molecular complexity index is 4820. The number of rotatable bonds is 17. The van der Waals surface area contributed by atoms with Gasteiger partial charge in [0, 0.05) is 43.1 Å². The summed E-state index contributed by atoms with van der Waals surface area (Å²) in [6, 6.07) is 45.1. The van der Waals surface area contributed by atoms with E-state index in [9.17, 15) is 0 Å². The van der Waals surface area contributed by atoms with E-state index in [1.54, 1.807) is 56.9 Å². The summed E-state index contributed by atoms with van der Waals surface area (Å²) in [5, 5.41) is 6.66. The summed E-state index contributed by atoms with van der Waals surface area (Å²) in [7, 11) is 6.04. The van der Waals surface area contributed by atoms with E-state index < -0.39 is 32.1 Å². The topological polar surface area (TPSA) is 179 Å². The molecule has 14 aromatic rings. The number of hydrogen-bond acceptors (Lipinski definition) is 16. The summed E-state index contributed by atoms with van der Waals surface area (Å²) < 4.78 is 106. The van der Waals surface area contributed by atoms with Crippen molar-refractivity contribution in [3.63, 3.8) is 0 Å². The smallest absolute Gasteiger partial charge is 0.221 e. The van der Waals surface area contributed by atoms with Crippen LogP contribution in [-0.2, 0) is 24.6 Å². The van der Waals surface area contributed by atoms with E-state index in [1.807, 2.05) is 152 Å². The highest BCUT2D eigenvalue weighted by Crippen LogP contribution is 2.52. The molecule has 0 saturated heterocycles. The van der Waals surface area contributed by atoms with Crippen LogP contribution in [0.3, 0.4) is 0 Å². The molecule has 16 nitrogen and oxygen atoms in total. The van der Waals surface area contributed by atoms with Gasteiger partial charge in [0.05, 0.1) is 81.5 Å². The van der Waals surface area contributed by atoms with Crippen LogP contribution < -0.4 is 37.9 Å². The second-order valence-corrected chi connectivity index (χ2v) is 30.6. The minimum absolute atomic E-state index is 0.320. The van der Waals surface area contributed by atoms with Gasteiger partial charge in [-0.05, 0) is 230 Å². The van der Waals surface area contributed by atoms with E-state index in [0.717, 1.165) is 121 Å². The molecule has 0 saturated carbocycles. The van der Waals surface area contributed by atoms with Crippen molar-refractivity contribution in [1.82, 2.24) is 0 Å². The van der Waals surface area contributed by atoms with E-state index in [2.05, 4.69) is 36.4 Å². The summed E-state index contributed by atoms with van der Waals surface area (Å²) in [5.41, 5.74) is 18.3. The fourth-order valence-corrected chi connectivity index (χ4v) is 20.0. The summed E-state index contributed by atoms with van der Waals surface area (Å²) in [6.07, 6.45) is 1.28. The minimum atomic E-state index is -1.84. The molecule has 4 heterocycles. The zero-order chi connectivity index (χ0) is 69.9. The first-order valence-electron chi connectivity index (χ1n) is 32.6. The zero-order valence-corrected chi connectivity index (χ0v) is 62.4. The lowest BCUT2D eigenvalue weighted by Gasteiger charge is -2.20. The summed E-state index contributed by atoms with van der Waals surface area (Å²) in [5.74, 6) is 5.52. The molecule has 0 radical (unpaired) electrons. The number of fused-ring (bicyclic) bond motifs is 12. The van der Waals surface area contributed by atoms with Crippen LogP contribution in [0.1, 0.15) is 66.8 Å². The van der Waals surface area contributed by atoms with E-state index >= 15 is 0 Å². The van der Waals surface area contributed by atoms with Gasteiger partial charge in [0.15, 0.2) is 0 Å². The molecule has 0 spiro atoms. The molecule has 0 atom stereocenters. The van der Waals surface area contributed by atoms with Gasteiger partial charge in [0.2, 0.25) is 32.1 Å². The van der Waals surface area contributed by atoms with Crippen LogP contribution in [0.5, 0.6) is 46.0 Å². The molecule has 14 rings (SSSR count). The molecule has 0 unspecified atom stereocenters. The van der Waals surface area contributed by atoms with E-state index in [-0.39, 0.29) is 0 Å². The molecule has 0 aliphatic heterocycles. The Kier molecular flexibility index (Phi) is 18.7. The maximum Gasteiger partial charge on any atom is 0.221 e. The molecule has 0 amide bonds. The maximum absolute atomic E-state index is 7.39. The van der Waals surface area contributed by atoms with Gasteiger partial charge in [0.25, 0.3) is 0 Å². The van der Waals surface area contributed by atoms with Crippen LogP contribution in [0.25, 0.3) is 98.9 Å². The van der Waals surface area contributed by atoms with E-state index in [0.29, 0.717) is 115 Å². The first kappa shape index (κ1) is 67.4. The number of methoxy groups -OCH3 is 8. The third-order valence-electron chi connectivity index (χ3n) is 18.5. The predicted molar refractivity (Wildman–Crippen MR) is 404 cm³/mol. The van der Waals surface area contributed by atoms with Gasteiger partial charge in [-0.25, -0.2) is 0 Å². The second-order valence-electron chi connectivity index (χ2n) is 25.2. The van der Waals surface area contributed by atoms with Gasteiger partial charge in [-0.2, -0.15) is 0 Å². The van der Waals surface area contributed by atoms with Gasteiger partial charge in [-0.15, -0.1) is 0 Å². The highest BCUT2D eigenvalue weighted by molar-refractivity contribution is 7.37. The first-order valence-corrected chi connectivity index (χ1v) is 38.1. The standard InChI is InChI=1S/C80H78O16P4/c1-43-23-55(81-9)31-63-64-32-56(82-10)24-44(2)74(64)90-97(89-73(43)63)39-51-19-17-20-52(40-98-91-75-45(3)25-57(83-11)33-65(75)66-34-58(84-12)26-46(4)76(66)92-98)71(51)72-53(41-99-93-77-47(5)27-59(85-13)35-67(77)68-36-60(86-14)28-48(6)78(68)94-99)21-18-22-54(72)42-100-95-79-49(7)29-61(87-15)37-69(79)70-38-62(88-16)30-50(8)80(70)96-100/h17-38H,39-42H2,1-16H3. The Morgan fingerprint density at radius 1 is 0.220 bits per heavy atom. The Balaban J connectivity index is 1.10. The SMILES string of the molecule is COc1cc(C)c2op(Cc3cccc(Cp4oc5c(C)cc(OC)cc5c5cc(OC)cc(C)c5o4)c3-c3c(Cp4oc5c(C)cc(OC)cc5c5cc(OC)cc(C)c5o4)cccc3Cp3oc4c(C)cc(OC)cc4c4cc(OC)cc(C)c4o3)oc3c(C)cc(OC)cc3c2c1. The van der Waals surface area contributed by atoms with Crippen LogP contribution in [0, 0.1) is 55.4 Å². The Hall–Kier alpha value is -9.80. The molecule has 100 heavy (non-hydrogen) atoms. The highest BCUT2D eigenvalue weighted by atomic mass is 31.1. The van der Waals surface area contributed by atoms with E-state index in [1.165, 1.54) is 0 Å². The average molecular weight is 1420 g/mol. The monoisotopic (exact) mass is 1420 g/mol. The summed E-state index contributed by atoms with van der Waals surface area (Å²) >= 11 is 0. The molecule has 0 aliphatic carbocycles. The number of ether oxygens (including phenoxy) is 8. The third kappa shape index (κ3) is 12.7. The normalized spacial score (nSPS) is 11.6. The lowest BCUT2D eigenvalue weighted by atomic mass is 9.89. The molecular weight excluding hydrogens is 1340 g/mol. The molecule has 20 heteroatoms. The predicted octanol–water partition coefficient (Wildman–Crippen LogP) is 24.5. The van der Waals surface area contributed by atoms with Crippen molar-refractivity contribution in [2.75, 3.05) is 56.9 Å². The largest absolute Gasteiger partial charge is 0.497 e. The van der Waals surface area contributed by atoms with Crippen molar-refractivity contribution in [2.45, 2.75) is 80.0 Å². The molecule has 0 fully saturated rings. The van der Waals surface area contributed by atoms with Gasteiger partial charge < -0.3 is 71.5 Å². The summed E-state index contributed by atoms with van der Waals surface area (Å²) in [4.78, 5) is 0. The second kappa shape index (κ2) is 27.7. The fraction of sp³-hybridized carbons (Fsp3) is 0.250. The molecule has 0 aliphatic rings. The molecular formula is C80H78O16P4. The molecule has 0 N–H and O–H groups in total.